The Morgan fingerprint density at radius 3 is 2.78 bits per heavy atom. The minimum absolute atomic E-state index is 0.573. The summed E-state index contributed by atoms with van der Waals surface area (Å²) in [6.07, 6.45) is 3.67. The van der Waals surface area contributed by atoms with Crippen molar-refractivity contribution in [2.24, 2.45) is 0 Å². The molecule has 0 heterocycles. The Morgan fingerprint density at radius 1 is 1.00 bits per heavy atom. The average Bonchev–Trinajstić information content (AvgIpc) is 2.84. The molecule has 0 unspecified atom stereocenters. The van der Waals surface area contributed by atoms with Crippen LogP contribution in [0.4, 0.5) is 5.69 Å². The third-order valence-electron chi connectivity index (χ3n) is 3.43. The molecule has 0 saturated heterocycles. The molecule has 0 atom stereocenters. The molecule has 0 radical (unpaired) electrons. The van der Waals surface area contributed by atoms with E-state index >= 15 is 0 Å². The van der Waals surface area contributed by atoms with Crippen LogP contribution in [0, 0.1) is 0 Å². The molecule has 0 amide bonds. The van der Waals surface area contributed by atoms with Crippen LogP contribution in [0.5, 0.6) is 5.75 Å². The molecule has 92 valence electrons. The smallest absolute Gasteiger partial charge is 0.120 e. The number of aryl methyl sites for hydroxylation is 2. The molecule has 18 heavy (non-hydrogen) atoms. The first kappa shape index (κ1) is 11.1. The molecule has 0 spiro atoms. The van der Waals surface area contributed by atoms with E-state index in [0.29, 0.717) is 6.61 Å². The number of hydrogen-bond acceptors (Lipinski definition) is 2. The van der Waals surface area contributed by atoms with E-state index in [1.54, 1.807) is 0 Å². The predicted octanol–water partition coefficient (Wildman–Crippen LogP) is 3.34. The van der Waals surface area contributed by atoms with Gasteiger partial charge in [0.15, 0.2) is 0 Å². The highest BCUT2D eigenvalue weighted by atomic mass is 16.5. The lowest BCUT2D eigenvalue weighted by Crippen LogP contribution is -1.97. The number of anilines is 1. The highest BCUT2D eigenvalue weighted by Gasteiger charge is 2.11. The monoisotopic (exact) mass is 239 g/mol. The summed E-state index contributed by atoms with van der Waals surface area (Å²) in [5.41, 5.74) is 10.6. The Balaban J connectivity index is 1.70. The van der Waals surface area contributed by atoms with Crippen LogP contribution < -0.4 is 10.5 Å². The summed E-state index contributed by atoms with van der Waals surface area (Å²) in [6.45, 7) is 0.573. The van der Waals surface area contributed by atoms with Crippen molar-refractivity contribution in [2.45, 2.75) is 25.9 Å². The van der Waals surface area contributed by atoms with Crippen LogP contribution in [-0.4, -0.2) is 0 Å². The first-order chi connectivity index (χ1) is 8.81. The first-order valence-corrected chi connectivity index (χ1v) is 6.40. The average molecular weight is 239 g/mol. The number of hydrogen-bond donors (Lipinski definition) is 1. The lowest BCUT2D eigenvalue weighted by atomic mass is 10.1. The number of fused-ring (bicyclic) bond motifs is 1. The minimum Gasteiger partial charge on any atom is -0.489 e. The van der Waals surface area contributed by atoms with Gasteiger partial charge in [0.1, 0.15) is 12.4 Å². The molecule has 3 rings (SSSR count). The fraction of sp³-hybridized carbons (Fsp3) is 0.250. The number of ether oxygens (including phenoxy) is 1. The van der Waals surface area contributed by atoms with E-state index in [-0.39, 0.29) is 0 Å². The van der Waals surface area contributed by atoms with Crippen molar-refractivity contribution >= 4 is 5.69 Å². The van der Waals surface area contributed by atoms with Crippen molar-refractivity contribution in [2.75, 3.05) is 5.73 Å². The topological polar surface area (TPSA) is 35.2 Å². The van der Waals surface area contributed by atoms with Gasteiger partial charge in [-0.1, -0.05) is 18.2 Å². The van der Waals surface area contributed by atoms with E-state index in [1.165, 1.54) is 30.4 Å². The van der Waals surface area contributed by atoms with Gasteiger partial charge < -0.3 is 10.5 Å². The van der Waals surface area contributed by atoms with Crippen molar-refractivity contribution < 1.29 is 4.74 Å². The maximum absolute atomic E-state index is 5.82. The second kappa shape index (κ2) is 4.73. The van der Waals surface area contributed by atoms with Crippen molar-refractivity contribution in [3.8, 4) is 5.75 Å². The lowest BCUT2D eigenvalue weighted by molar-refractivity contribution is 0.306. The molecule has 0 fully saturated rings. The van der Waals surface area contributed by atoms with E-state index < -0.39 is 0 Å². The Kier molecular flexibility index (Phi) is 2.93. The lowest BCUT2D eigenvalue weighted by Gasteiger charge is -2.08. The maximum atomic E-state index is 5.82. The molecule has 2 aromatic rings. The largest absolute Gasteiger partial charge is 0.489 e. The predicted molar refractivity (Wildman–Crippen MR) is 73.7 cm³/mol. The van der Waals surface area contributed by atoms with Gasteiger partial charge in [-0.15, -0.1) is 0 Å². The standard InChI is InChI=1S/C16H17NO/c17-15-6-1-3-12(9-15)11-18-16-8-7-13-4-2-5-14(13)10-16/h1,3,6-10H,2,4-5,11,17H2. The van der Waals surface area contributed by atoms with Gasteiger partial charge in [0, 0.05) is 5.69 Å². The molecule has 2 heteroatoms. The van der Waals surface area contributed by atoms with Gasteiger partial charge in [0.05, 0.1) is 0 Å². The van der Waals surface area contributed by atoms with Crippen LogP contribution in [0.3, 0.4) is 0 Å². The van der Waals surface area contributed by atoms with Crippen LogP contribution >= 0.6 is 0 Å². The second-order valence-corrected chi connectivity index (χ2v) is 4.82. The van der Waals surface area contributed by atoms with E-state index in [4.69, 9.17) is 10.5 Å². The molecular formula is C16H17NO. The van der Waals surface area contributed by atoms with Gasteiger partial charge in [0.25, 0.3) is 0 Å². The van der Waals surface area contributed by atoms with Crippen LogP contribution in [0.15, 0.2) is 42.5 Å². The quantitative estimate of drug-likeness (QED) is 0.834. The van der Waals surface area contributed by atoms with Crippen molar-refractivity contribution in [1.29, 1.82) is 0 Å². The molecule has 1 aliphatic carbocycles. The van der Waals surface area contributed by atoms with Gasteiger partial charge in [-0.25, -0.2) is 0 Å². The molecule has 1 aliphatic rings. The SMILES string of the molecule is Nc1cccc(COc2ccc3c(c2)CCC3)c1. The minimum atomic E-state index is 0.573. The summed E-state index contributed by atoms with van der Waals surface area (Å²) in [5, 5.41) is 0. The van der Waals surface area contributed by atoms with Gasteiger partial charge >= 0.3 is 0 Å². The molecule has 0 aromatic heterocycles. The molecule has 2 N–H and O–H groups in total. The highest BCUT2D eigenvalue weighted by molar-refractivity contribution is 5.41. The van der Waals surface area contributed by atoms with Gasteiger partial charge in [-0.2, -0.15) is 0 Å². The fourth-order valence-corrected chi connectivity index (χ4v) is 2.49. The van der Waals surface area contributed by atoms with E-state index in [2.05, 4.69) is 18.2 Å². The summed E-state index contributed by atoms with van der Waals surface area (Å²) < 4.78 is 5.82. The van der Waals surface area contributed by atoms with E-state index in [1.807, 2.05) is 24.3 Å². The van der Waals surface area contributed by atoms with Crippen molar-refractivity contribution in [3.63, 3.8) is 0 Å². The Labute approximate surface area is 107 Å². The van der Waals surface area contributed by atoms with Crippen molar-refractivity contribution in [3.05, 3.63) is 59.2 Å². The zero-order chi connectivity index (χ0) is 12.4. The summed E-state index contributed by atoms with van der Waals surface area (Å²) in [7, 11) is 0. The summed E-state index contributed by atoms with van der Waals surface area (Å²) >= 11 is 0. The molecule has 0 bridgehead atoms. The number of nitrogen functional groups attached to an aromatic ring is 1. The third kappa shape index (κ3) is 2.33. The molecule has 2 nitrogen and oxygen atoms in total. The number of nitrogens with two attached hydrogens (primary N) is 1. The fourth-order valence-electron chi connectivity index (χ4n) is 2.49. The van der Waals surface area contributed by atoms with E-state index in [0.717, 1.165) is 17.0 Å². The highest BCUT2D eigenvalue weighted by Crippen LogP contribution is 2.26. The number of benzene rings is 2. The van der Waals surface area contributed by atoms with Gasteiger partial charge in [-0.3, -0.25) is 0 Å². The molecule has 0 aliphatic heterocycles. The molecular weight excluding hydrogens is 222 g/mol. The van der Waals surface area contributed by atoms with Crippen LogP contribution in [-0.2, 0) is 19.4 Å². The van der Waals surface area contributed by atoms with Gasteiger partial charge in [-0.05, 0) is 60.2 Å². The summed E-state index contributed by atoms with van der Waals surface area (Å²) in [5.74, 6) is 0.957. The van der Waals surface area contributed by atoms with Gasteiger partial charge in [0.2, 0.25) is 0 Å². The van der Waals surface area contributed by atoms with Crippen LogP contribution in [0.25, 0.3) is 0 Å². The molecule has 0 saturated carbocycles. The zero-order valence-electron chi connectivity index (χ0n) is 10.4. The van der Waals surface area contributed by atoms with Crippen LogP contribution in [0.2, 0.25) is 0 Å². The Morgan fingerprint density at radius 2 is 1.89 bits per heavy atom. The second-order valence-electron chi connectivity index (χ2n) is 4.82. The Hall–Kier alpha value is -1.96. The zero-order valence-corrected chi connectivity index (χ0v) is 10.4. The van der Waals surface area contributed by atoms with E-state index in [9.17, 15) is 0 Å². The first-order valence-electron chi connectivity index (χ1n) is 6.40. The summed E-state index contributed by atoms with van der Waals surface area (Å²) in [4.78, 5) is 0. The third-order valence-corrected chi connectivity index (χ3v) is 3.43. The summed E-state index contributed by atoms with van der Waals surface area (Å²) in [6, 6.07) is 14.3. The van der Waals surface area contributed by atoms with Crippen LogP contribution in [0.1, 0.15) is 23.1 Å². The Bertz CT molecular complexity index is 563. The van der Waals surface area contributed by atoms with Crippen molar-refractivity contribution in [1.82, 2.24) is 0 Å². The molecule has 2 aromatic carbocycles. The number of rotatable bonds is 3. The maximum Gasteiger partial charge on any atom is 0.120 e. The normalized spacial score (nSPS) is 13.3.